The quantitative estimate of drug-likeness (QED) is 0.664. The van der Waals surface area contributed by atoms with Gasteiger partial charge in [0.05, 0.1) is 11.7 Å². The molecule has 1 aliphatic rings. The fourth-order valence-corrected chi connectivity index (χ4v) is 3.93. The van der Waals surface area contributed by atoms with Crippen molar-refractivity contribution in [1.82, 2.24) is 15.4 Å². The van der Waals surface area contributed by atoms with E-state index in [0.717, 1.165) is 49.4 Å². The van der Waals surface area contributed by atoms with E-state index in [4.69, 9.17) is 4.52 Å². The van der Waals surface area contributed by atoms with Gasteiger partial charge in [0, 0.05) is 25.6 Å². The van der Waals surface area contributed by atoms with Crippen molar-refractivity contribution in [2.75, 3.05) is 13.1 Å². The number of carbonyl (C=O) groups excluding carboxylic acids is 1. The van der Waals surface area contributed by atoms with Crippen LogP contribution < -0.4 is 5.32 Å². The molecule has 0 bridgehead atoms. The molecule has 4 rings (SSSR count). The second-order valence-corrected chi connectivity index (χ2v) is 7.66. The van der Waals surface area contributed by atoms with Crippen molar-refractivity contribution in [2.24, 2.45) is 0 Å². The van der Waals surface area contributed by atoms with Crippen LogP contribution in [0, 0.1) is 6.92 Å². The van der Waals surface area contributed by atoms with Gasteiger partial charge >= 0.3 is 0 Å². The number of nitrogens with one attached hydrogen (secondary N) is 1. The lowest BCUT2D eigenvalue weighted by Gasteiger charge is -2.23. The maximum atomic E-state index is 12.7. The standard InChI is InChI=1S/C24H27N3O2/c1-18-16-22(29-26-18)13-15-27-14-5-8-23(27)24(28)25-17-19-9-11-21(12-10-19)20-6-3-2-4-7-20/h2-4,6-7,9-12,16,23H,5,8,13-15,17H2,1H3,(H,25,28). The molecular formula is C24H27N3O2. The summed E-state index contributed by atoms with van der Waals surface area (Å²) in [4.78, 5) is 15.0. The van der Waals surface area contributed by atoms with Gasteiger partial charge in [0.15, 0.2) is 0 Å². The number of carbonyl (C=O) groups is 1. The summed E-state index contributed by atoms with van der Waals surface area (Å²) in [6.07, 6.45) is 2.75. The number of aromatic nitrogens is 1. The molecule has 2 heterocycles. The van der Waals surface area contributed by atoms with Crippen molar-refractivity contribution in [2.45, 2.75) is 38.8 Å². The molecule has 1 aromatic heterocycles. The molecule has 1 saturated heterocycles. The number of hydrogen-bond donors (Lipinski definition) is 1. The highest BCUT2D eigenvalue weighted by molar-refractivity contribution is 5.82. The van der Waals surface area contributed by atoms with Crippen LogP contribution in [0.4, 0.5) is 0 Å². The van der Waals surface area contributed by atoms with E-state index < -0.39 is 0 Å². The first-order chi connectivity index (χ1) is 14.2. The van der Waals surface area contributed by atoms with Crippen LogP contribution in [0.3, 0.4) is 0 Å². The van der Waals surface area contributed by atoms with Gasteiger partial charge in [0.25, 0.3) is 0 Å². The second-order valence-electron chi connectivity index (χ2n) is 7.66. The molecule has 3 aromatic rings. The fraction of sp³-hybridized carbons (Fsp3) is 0.333. The Morgan fingerprint density at radius 2 is 1.90 bits per heavy atom. The zero-order chi connectivity index (χ0) is 20.1. The highest BCUT2D eigenvalue weighted by Crippen LogP contribution is 2.20. The number of benzene rings is 2. The smallest absolute Gasteiger partial charge is 0.237 e. The van der Waals surface area contributed by atoms with Crippen molar-refractivity contribution in [3.63, 3.8) is 0 Å². The second kappa shape index (κ2) is 9.05. The Hall–Kier alpha value is -2.92. The minimum absolute atomic E-state index is 0.0531. The maximum absolute atomic E-state index is 12.7. The van der Waals surface area contributed by atoms with E-state index in [2.05, 4.69) is 51.8 Å². The van der Waals surface area contributed by atoms with Gasteiger partial charge in [-0.1, -0.05) is 59.8 Å². The highest BCUT2D eigenvalue weighted by atomic mass is 16.5. The zero-order valence-electron chi connectivity index (χ0n) is 16.8. The number of rotatable bonds is 7. The zero-order valence-corrected chi connectivity index (χ0v) is 16.8. The van der Waals surface area contributed by atoms with E-state index in [1.54, 1.807) is 0 Å². The lowest BCUT2D eigenvalue weighted by Crippen LogP contribution is -2.43. The van der Waals surface area contributed by atoms with Gasteiger partial charge in [-0.25, -0.2) is 0 Å². The molecule has 1 amide bonds. The minimum Gasteiger partial charge on any atom is -0.361 e. The molecule has 0 radical (unpaired) electrons. The summed E-state index contributed by atoms with van der Waals surface area (Å²) in [6.45, 7) is 4.25. The van der Waals surface area contributed by atoms with E-state index in [0.29, 0.717) is 6.54 Å². The Balaban J connectivity index is 1.29. The summed E-state index contributed by atoms with van der Waals surface area (Å²) in [7, 11) is 0. The molecule has 1 N–H and O–H groups in total. The molecule has 1 aliphatic heterocycles. The third kappa shape index (κ3) is 4.93. The topological polar surface area (TPSA) is 58.4 Å². The summed E-state index contributed by atoms with van der Waals surface area (Å²) >= 11 is 0. The normalized spacial score (nSPS) is 16.8. The number of nitrogens with zero attached hydrogens (tertiary/aromatic N) is 2. The minimum atomic E-state index is -0.0531. The lowest BCUT2D eigenvalue weighted by molar-refractivity contribution is -0.125. The Morgan fingerprint density at radius 1 is 1.14 bits per heavy atom. The number of likely N-dealkylation sites (tertiary alicyclic amines) is 1. The molecule has 2 aromatic carbocycles. The number of amides is 1. The van der Waals surface area contributed by atoms with E-state index >= 15 is 0 Å². The van der Waals surface area contributed by atoms with E-state index in [1.807, 2.05) is 31.2 Å². The Labute approximate surface area is 171 Å². The maximum Gasteiger partial charge on any atom is 0.237 e. The first-order valence-corrected chi connectivity index (χ1v) is 10.3. The summed E-state index contributed by atoms with van der Waals surface area (Å²) < 4.78 is 5.29. The average molecular weight is 389 g/mol. The van der Waals surface area contributed by atoms with Gasteiger partial charge in [-0.15, -0.1) is 0 Å². The molecule has 1 unspecified atom stereocenters. The molecule has 5 nitrogen and oxygen atoms in total. The van der Waals surface area contributed by atoms with E-state index in [9.17, 15) is 4.79 Å². The van der Waals surface area contributed by atoms with Crippen LogP contribution in [-0.4, -0.2) is 35.1 Å². The summed E-state index contributed by atoms with van der Waals surface area (Å²) in [5.74, 6) is 0.996. The third-order valence-corrected chi connectivity index (χ3v) is 5.52. The van der Waals surface area contributed by atoms with Crippen molar-refractivity contribution in [3.05, 3.63) is 77.7 Å². The molecule has 0 aliphatic carbocycles. The van der Waals surface area contributed by atoms with Crippen LogP contribution in [0.1, 0.15) is 29.9 Å². The van der Waals surface area contributed by atoms with Gasteiger partial charge in [0.2, 0.25) is 5.91 Å². The average Bonchev–Trinajstić information content (AvgIpc) is 3.40. The SMILES string of the molecule is Cc1cc(CCN2CCCC2C(=O)NCc2ccc(-c3ccccc3)cc2)on1. The summed E-state index contributed by atoms with van der Waals surface area (Å²) in [5.41, 5.74) is 4.39. The predicted molar refractivity (Wildman–Crippen MR) is 113 cm³/mol. The van der Waals surface area contributed by atoms with Crippen LogP contribution in [0.25, 0.3) is 11.1 Å². The molecule has 150 valence electrons. The van der Waals surface area contributed by atoms with Gasteiger partial charge in [-0.3, -0.25) is 9.69 Å². The Morgan fingerprint density at radius 3 is 2.62 bits per heavy atom. The molecule has 29 heavy (non-hydrogen) atoms. The number of aryl methyl sites for hydroxylation is 1. The Bertz CT molecular complexity index is 934. The molecule has 1 atom stereocenters. The van der Waals surface area contributed by atoms with Crippen LogP contribution in [0.15, 0.2) is 65.2 Å². The largest absolute Gasteiger partial charge is 0.361 e. The van der Waals surface area contributed by atoms with Gasteiger partial charge < -0.3 is 9.84 Å². The molecular weight excluding hydrogens is 362 g/mol. The summed E-state index contributed by atoms with van der Waals surface area (Å²) in [5, 5.41) is 7.05. The van der Waals surface area contributed by atoms with Gasteiger partial charge in [0.1, 0.15) is 5.76 Å². The molecule has 0 spiro atoms. The van der Waals surface area contributed by atoms with Crippen LogP contribution >= 0.6 is 0 Å². The van der Waals surface area contributed by atoms with E-state index in [-0.39, 0.29) is 11.9 Å². The number of hydrogen-bond acceptors (Lipinski definition) is 4. The van der Waals surface area contributed by atoms with Crippen molar-refractivity contribution in [1.29, 1.82) is 0 Å². The fourth-order valence-electron chi connectivity index (χ4n) is 3.93. The van der Waals surface area contributed by atoms with Crippen molar-refractivity contribution >= 4 is 5.91 Å². The third-order valence-electron chi connectivity index (χ3n) is 5.52. The van der Waals surface area contributed by atoms with Crippen LogP contribution in [0.5, 0.6) is 0 Å². The first-order valence-electron chi connectivity index (χ1n) is 10.3. The van der Waals surface area contributed by atoms with Crippen LogP contribution in [0.2, 0.25) is 0 Å². The Kier molecular flexibility index (Phi) is 6.06. The predicted octanol–water partition coefficient (Wildman–Crippen LogP) is 3.97. The molecule has 0 saturated carbocycles. The van der Waals surface area contributed by atoms with Gasteiger partial charge in [-0.05, 0) is 43.0 Å². The molecule has 1 fully saturated rings. The van der Waals surface area contributed by atoms with E-state index in [1.165, 1.54) is 11.1 Å². The lowest BCUT2D eigenvalue weighted by atomic mass is 10.0. The monoisotopic (exact) mass is 389 g/mol. The van der Waals surface area contributed by atoms with Gasteiger partial charge in [-0.2, -0.15) is 0 Å². The highest BCUT2D eigenvalue weighted by Gasteiger charge is 2.30. The van der Waals surface area contributed by atoms with Crippen molar-refractivity contribution < 1.29 is 9.32 Å². The first kappa shape index (κ1) is 19.4. The van der Waals surface area contributed by atoms with Crippen molar-refractivity contribution in [3.8, 4) is 11.1 Å². The summed E-state index contributed by atoms with van der Waals surface area (Å²) in [6, 6.07) is 20.6. The van der Waals surface area contributed by atoms with Crippen LogP contribution in [-0.2, 0) is 17.8 Å². The molecule has 5 heteroatoms.